The molecular weight excluding hydrogens is 380 g/mol. The van der Waals surface area contributed by atoms with Gasteiger partial charge in [0.2, 0.25) is 5.89 Å². The first-order valence-corrected chi connectivity index (χ1v) is 10.9. The summed E-state index contributed by atoms with van der Waals surface area (Å²) in [7, 11) is 0. The fourth-order valence-corrected chi connectivity index (χ4v) is 3.22. The maximum absolute atomic E-state index is 5.73. The molecule has 0 bridgehead atoms. The van der Waals surface area contributed by atoms with E-state index in [1.54, 1.807) is 6.26 Å². The molecular formula is C23H34N4O3. The predicted molar refractivity (Wildman–Crippen MR) is 119 cm³/mol. The molecule has 1 unspecified atom stereocenters. The molecule has 0 saturated carbocycles. The second-order valence-electron chi connectivity index (χ2n) is 7.61. The standard InChI is InChI=1S/C23H34N4O3/c1-3-24-23(25-11-4-13-28-15-19-10-14-29-16-19)26-12-9-21-17-30-22(27-21)20-7-5-18(2)6-8-20/h5-8,17,19H,3-4,9-16H2,1-2H3,(H2,24,25,26). The van der Waals surface area contributed by atoms with Gasteiger partial charge in [-0.3, -0.25) is 4.99 Å². The summed E-state index contributed by atoms with van der Waals surface area (Å²) in [6, 6.07) is 8.19. The monoisotopic (exact) mass is 414 g/mol. The molecule has 1 aromatic carbocycles. The summed E-state index contributed by atoms with van der Waals surface area (Å²) in [5, 5.41) is 6.64. The lowest BCUT2D eigenvalue weighted by Crippen LogP contribution is -2.38. The molecule has 0 amide bonds. The van der Waals surface area contributed by atoms with Crippen LogP contribution in [0.3, 0.4) is 0 Å². The second-order valence-corrected chi connectivity index (χ2v) is 7.61. The Bertz CT molecular complexity index is 767. The first-order chi connectivity index (χ1) is 14.7. The van der Waals surface area contributed by atoms with Crippen LogP contribution >= 0.6 is 0 Å². The lowest BCUT2D eigenvalue weighted by molar-refractivity contribution is 0.0893. The molecule has 164 valence electrons. The molecule has 1 aliphatic rings. The van der Waals surface area contributed by atoms with E-state index in [0.717, 1.165) is 82.5 Å². The van der Waals surface area contributed by atoms with Crippen LogP contribution in [0.15, 0.2) is 39.9 Å². The summed E-state index contributed by atoms with van der Waals surface area (Å²) >= 11 is 0. The van der Waals surface area contributed by atoms with Gasteiger partial charge in [-0.25, -0.2) is 4.98 Å². The largest absolute Gasteiger partial charge is 0.444 e. The fourth-order valence-electron chi connectivity index (χ4n) is 3.22. The van der Waals surface area contributed by atoms with Gasteiger partial charge in [0.05, 0.1) is 18.9 Å². The Labute approximate surface area is 179 Å². The van der Waals surface area contributed by atoms with E-state index in [9.17, 15) is 0 Å². The van der Waals surface area contributed by atoms with Gasteiger partial charge in [0.25, 0.3) is 0 Å². The summed E-state index contributed by atoms with van der Waals surface area (Å²) in [5.74, 6) is 2.05. The summed E-state index contributed by atoms with van der Waals surface area (Å²) in [6.45, 7) is 9.68. The minimum absolute atomic E-state index is 0.565. The van der Waals surface area contributed by atoms with Gasteiger partial charge in [0, 0.05) is 50.8 Å². The summed E-state index contributed by atoms with van der Waals surface area (Å²) in [4.78, 5) is 9.21. The Balaban J connectivity index is 1.35. The molecule has 2 aromatic rings. The number of ether oxygens (including phenoxy) is 2. The number of benzene rings is 1. The quantitative estimate of drug-likeness (QED) is 0.334. The van der Waals surface area contributed by atoms with Crippen molar-refractivity contribution in [3.05, 3.63) is 41.8 Å². The molecule has 1 fully saturated rings. The Hall–Kier alpha value is -2.38. The highest BCUT2D eigenvalue weighted by Gasteiger charge is 2.15. The van der Waals surface area contributed by atoms with Crippen molar-refractivity contribution in [2.75, 3.05) is 46.1 Å². The van der Waals surface area contributed by atoms with Crippen molar-refractivity contribution >= 4 is 5.96 Å². The molecule has 30 heavy (non-hydrogen) atoms. The molecule has 1 aliphatic heterocycles. The minimum Gasteiger partial charge on any atom is -0.444 e. The van der Waals surface area contributed by atoms with Gasteiger partial charge in [-0.15, -0.1) is 0 Å². The summed E-state index contributed by atoms with van der Waals surface area (Å²) in [6.07, 6.45) is 4.53. The van der Waals surface area contributed by atoms with Crippen LogP contribution < -0.4 is 10.6 Å². The Morgan fingerprint density at radius 1 is 1.27 bits per heavy atom. The van der Waals surface area contributed by atoms with Gasteiger partial charge in [-0.05, 0) is 38.8 Å². The maximum Gasteiger partial charge on any atom is 0.226 e. The molecule has 7 heteroatoms. The number of nitrogens with zero attached hydrogens (tertiary/aromatic N) is 2. The molecule has 3 rings (SSSR count). The van der Waals surface area contributed by atoms with Crippen molar-refractivity contribution in [3.8, 4) is 11.5 Å². The van der Waals surface area contributed by atoms with Crippen molar-refractivity contribution in [1.82, 2.24) is 15.6 Å². The highest BCUT2D eigenvalue weighted by atomic mass is 16.5. The lowest BCUT2D eigenvalue weighted by atomic mass is 10.1. The van der Waals surface area contributed by atoms with E-state index in [4.69, 9.17) is 13.9 Å². The Morgan fingerprint density at radius 3 is 2.90 bits per heavy atom. The van der Waals surface area contributed by atoms with Gasteiger partial charge < -0.3 is 24.5 Å². The van der Waals surface area contributed by atoms with Crippen LogP contribution in [0, 0.1) is 12.8 Å². The van der Waals surface area contributed by atoms with Gasteiger partial charge in [0.1, 0.15) is 6.26 Å². The van der Waals surface area contributed by atoms with E-state index in [1.807, 2.05) is 12.1 Å². The summed E-state index contributed by atoms with van der Waals surface area (Å²) < 4.78 is 16.7. The number of hydrogen-bond donors (Lipinski definition) is 2. The first kappa shape index (κ1) is 22.3. The summed E-state index contributed by atoms with van der Waals surface area (Å²) in [5.41, 5.74) is 3.15. The number of aromatic nitrogens is 1. The van der Waals surface area contributed by atoms with Gasteiger partial charge in [-0.1, -0.05) is 17.7 Å². The fraction of sp³-hybridized carbons (Fsp3) is 0.565. The van der Waals surface area contributed by atoms with Crippen LogP contribution in [-0.2, 0) is 15.9 Å². The zero-order valence-electron chi connectivity index (χ0n) is 18.2. The molecule has 0 aliphatic carbocycles. The van der Waals surface area contributed by atoms with E-state index in [1.165, 1.54) is 5.56 Å². The van der Waals surface area contributed by atoms with Gasteiger partial charge in [0.15, 0.2) is 5.96 Å². The second kappa shape index (κ2) is 12.3. The number of rotatable bonds is 11. The number of hydrogen-bond acceptors (Lipinski definition) is 5. The van der Waals surface area contributed by atoms with E-state index in [2.05, 4.69) is 46.6 Å². The normalized spacial score (nSPS) is 16.7. The SMILES string of the molecule is CCNC(=NCCCOCC1CCOC1)NCCc1coc(-c2ccc(C)cc2)n1. The van der Waals surface area contributed by atoms with Crippen LogP contribution in [0.4, 0.5) is 0 Å². The average molecular weight is 415 g/mol. The molecule has 2 heterocycles. The highest BCUT2D eigenvalue weighted by molar-refractivity contribution is 5.79. The van der Waals surface area contributed by atoms with Crippen molar-refractivity contribution in [2.24, 2.45) is 10.9 Å². The number of guanidine groups is 1. The van der Waals surface area contributed by atoms with Crippen molar-refractivity contribution in [3.63, 3.8) is 0 Å². The Kier molecular flexibility index (Phi) is 9.18. The van der Waals surface area contributed by atoms with Crippen molar-refractivity contribution < 1.29 is 13.9 Å². The number of oxazole rings is 1. The molecule has 1 aromatic heterocycles. The third-order valence-corrected chi connectivity index (χ3v) is 4.96. The third kappa shape index (κ3) is 7.46. The van der Waals surface area contributed by atoms with Crippen molar-refractivity contribution in [2.45, 2.75) is 33.1 Å². The van der Waals surface area contributed by atoms with Crippen LogP contribution in [-0.4, -0.2) is 57.0 Å². The van der Waals surface area contributed by atoms with Crippen LogP contribution in [0.2, 0.25) is 0 Å². The minimum atomic E-state index is 0.565. The smallest absolute Gasteiger partial charge is 0.226 e. The van der Waals surface area contributed by atoms with E-state index < -0.39 is 0 Å². The molecule has 7 nitrogen and oxygen atoms in total. The molecule has 1 atom stereocenters. The number of aliphatic imine (C=N–C) groups is 1. The van der Waals surface area contributed by atoms with E-state index >= 15 is 0 Å². The van der Waals surface area contributed by atoms with E-state index in [-0.39, 0.29) is 0 Å². The molecule has 2 N–H and O–H groups in total. The highest BCUT2D eigenvalue weighted by Crippen LogP contribution is 2.19. The maximum atomic E-state index is 5.73. The average Bonchev–Trinajstić information content (AvgIpc) is 3.43. The van der Waals surface area contributed by atoms with Crippen molar-refractivity contribution in [1.29, 1.82) is 0 Å². The van der Waals surface area contributed by atoms with Crippen LogP contribution in [0.1, 0.15) is 31.0 Å². The third-order valence-electron chi connectivity index (χ3n) is 4.96. The predicted octanol–water partition coefficient (Wildman–Crippen LogP) is 3.19. The zero-order chi connectivity index (χ0) is 21.0. The number of aryl methyl sites for hydroxylation is 1. The zero-order valence-corrected chi connectivity index (χ0v) is 18.2. The lowest BCUT2D eigenvalue weighted by Gasteiger charge is -2.11. The van der Waals surface area contributed by atoms with Gasteiger partial charge in [-0.2, -0.15) is 0 Å². The molecule has 0 spiro atoms. The van der Waals surface area contributed by atoms with Gasteiger partial charge >= 0.3 is 0 Å². The van der Waals surface area contributed by atoms with E-state index in [0.29, 0.717) is 11.8 Å². The molecule has 1 saturated heterocycles. The Morgan fingerprint density at radius 2 is 2.13 bits per heavy atom. The topological polar surface area (TPSA) is 80.9 Å². The van der Waals surface area contributed by atoms with Crippen LogP contribution in [0.5, 0.6) is 0 Å². The van der Waals surface area contributed by atoms with Crippen LogP contribution in [0.25, 0.3) is 11.5 Å². The first-order valence-electron chi connectivity index (χ1n) is 10.9. The number of nitrogens with one attached hydrogen (secondary N) is 2. The molecule has 0 radical (unpaired) electrons.